The number of rotatable bonds is 3. The molecule has 0 aliphatic carbocycles. The van der Waals surface area contributed by atoms with E-state index in [4.69, 9.17) is 0 Å². The van der Waals surface area contributed by atoms with E-state index in [-0.39, 0.29) is 16.8 Å². The molecule has 0 unspecified atom stereocenters. The quantitative estimate of drug-likeness (QED) is 0.729. The Kier molecular flexibility index (Phi) is 4.15. The number of benzene rings is 1. The highest BCUT2D eigenvalue weighted by Gasteiger charge is 2.30. The normalized spacial score (nSPS) is 16.4. The van der Waals surface area contributed by atoms with Crippen molar-refractivity contribution in [2.45, 2.75) is 38.1 Å². The molecule has 8 nitrogen and oxygen atoms in total. The van der Waals surface area contributed by atoms with Gasteiger partial charge in [0.05, 0.1) is 22.5 Å². The number of carbonyl (C=O) groups is 1. The maximum absolute atomic E-state index is 12.9. The zero-order chi connectivity index (χ0) is 20.2. The Hall–Kier alpha value is -2.94. The number of nitrogens with one attached hydrogen (secondary N) is 1. The minimum absolute atomic E-state index is 0.0126. The van der Waals surface area contributed by atoms with Gasteiger partial charge in [0.2, 0.25) is 5.91 Å². The van der Waals surface area contributed by atoms with E-state index in [1.807, 2.05) is 13.8 Å². The lowest BCUT2D eigenvalue weighted by Crippen LogP contribution is -2.33. The number of sulfonamides is 1. The third kappa shape index (κ3) is 2.91. The monoisotopic (exact) mass is 399 g/mol. The van der Waals surface area contributed by atoms with Crippen molar-refractivity contribution in [2.75, 3.05) is 9.62 Å². The lowest BCUT2D eigenvalue weighted by atomic mass is 10.1. The van der Waals surface area contributed by atoms with Crippen molar-refractivity contribution >= 4 is 38.3 Å². The number of carbonyl (C=O) groups excluding carboxylic acids is 1. The summed E-state index contributed by atoms with van der Waals surface area (Å²) in [4.78, 5) is 18.0. The Balaban J connectivity index is 1.67. The lowest BCUT2D eigenvalue weighted by molar-refractivity contribution is -0.116. The molecule has 0 saturated carbocycles. The topological polar surface area (TPSA) is 97.2 Å². The summed E-state index contributed by atoms with van der Waals surface area (Å²) in [5, 5.41) is 5.09. The number of nitrogens with zero attached hydrogens (tertiary/aromatic N) is 4. The molecule has 1 aromatic carbocycles. The fourth-order valence-corrected chi connectivity index (χ4v) is 4.92. The van der Waals surface area contributed by atoms with Gasteiger partial charge in [-0.15, -0.1) is 0 Å². The maximum atomic E-state index is 12.9. The van der Waals surface area contributed by atoms with Crippen molar-refractivity contribution in [3.8, 4) is 0 Å². The number of amides is 1. The highest BCUT2D eigenvalue weighted by molar-refractivity contribution is 7.92. The molecule has 0 bridgehead atoms. The van der Waals surface area contributed by atoms with E-state index in [1.54, 1.807) is 34.8 Å². The molecule has 0 fully saturated rings. The largest absolute Gasteiger partial charge is 0.309 e. The first-order valence-electron chi connectivity index (χ1n) is 8.92. The molecule has 0 saturated heterocycles. The highest BCUT2D eigenvalue weighted by Crippen LogP contribution is 2.34. The Labute approximate surface area is 163 Å². The number of hydrogen-bond donors (Lipinski definition) is 1. The maximum Gasteiger partial charge on any atom is 0.261 e. The van der Waals surface area contributed by atoms with Gasteiger partial charge in [-0.3, -0.25) is 14.2 Å². The van der Waals surface area contributed by atoms with Crippen molar-refractivity contribution in [3.63, 3.8) is 0 Å². The number of aryl methyl sites for hydroxylation is 2. The fraction of sp³-hybridized carbons (Fsp3) is 0.316. The minimum atomic E-state index is -3.79. The number of aromatic nitrogens is 3. The molecule has 0 spiro atoms. The Morgan fingerprint density at radius 1 is 1.29 bits per heavy atom. The van der Waals surface area contributed by atoms with Gasteiger partial charge in [0.15, 0.2) is 5.65 Å². The standard InChI is InChI=1S/C19H21N5O3S/c1-11-7-14-8-16(5-6-18(14)24(11)13(3)25)28(26,27)22-15-9-17-12(2)21-23(4)19(17)20-10-15/h5-6,8-11,22H,7H2,1-4H3/t11-/m1/s1. The van der Waals surface area contributed by atoms with Crippen LogP contribution < -0.4 is 9.62 Å². The molecule has 0 radical (unpaired) electrons. The van der Waals surface area contributed by atoms with Gasteiger partial charge in [0, 0.05) is 31.1 Å². The van der Waals surface area contributed by atoms with E-state index in [1.165, 1.54) is 19.2 Å². The molecule has 1 amide bonds. The predicted octanol–water partition coefficient (Wildman–Crippen LogP) is 2.38. The van der Waals surface area contributed by atoms with E-state index in [0.29, 0.717) is 17.8 Å². The van der Waals surface area contributed by atoms with Gasteiger partial charge in [-0.1, -0.05) is 0 Å². The summed E-state index contributed by atoms with van der Waals surface area (Å²) in [6, 6.07) is 6.60. The van der Waals surface area contributed by atoms with E-state index >= 15 is 0 Å². The third-order valence-electron chi connectivity index (χ3n) is 5.03. The zero-order valence-corrected chi connectivity index (χ0v) is 16.9. The van der Waals surface area contributed by atoms with Crippen LogP contribution in [0, 0.1) is 6.92 Å². The summed E-state index contributed by atoms with van der Waals surface area (Å²) in [6.45, 7) is 5.32. The van der Waals surface area contributed by atoms with Crippen molar-refractivity contribution in [1.29, 1.82) is 0 Å². The first kappa shape index (κ1) is 18.4. The number of fused-ring (bicyclic) bond motifs is 2. The van der Waals surface area contributed by atoms with Gasteiger partial charge in [-0.2, -0.15) is 5.10 Å². The predicted molar refractivity (Wildman–Crippen MR) is 107 cm³/mol. The summed E-state index contributed by atoms with van der Waals surface area (Å²) in [6.07, 6.45) is 2.11. The molecule has 9 heteroatoms. The molecule has 1 aliphatic rings. The van der Waals surface area contributed by atoms with Crippen LogP contribution in [0.4, 0.5) is 11.4 Å². The summed E-state index contributed by atoms with van der Waals surface area (Å²) in [5.74, 6) is -0.0498. The molecular formula is C19H21N5O3S. The molecule has 1 atom stereocenters. The molecular weight excluding hydrogens is 378 g/mol. The average Bonchev–Trinajstić information content (AvgIpc) is 3.09. The van der Waals surface area contributed by atoms with Gasteiger partial charge in [-0.25, -0.2) is 13.4 Å². The fourth-order valence-electron chi connectivity index (χ4n) is 3.83. The molecule has 1 N–H and O–H groups in total. The van der Waals surface area contributed by atoms with Crippen LogP contribution in [0.2, 0.25) is 0 Å². The smallest absolute Gasteiger partial charge is 0.261 e. The summed E-state index contributed by atoms with van der Waals surface area (Å²) in [5.41, 5.74) is 3.47. The molecule has 28 heavy (non-hydrogen) atoms. The van der Waals surface area contributed by atoms with Gasteiger partial charge < -0.3 is 4.90 Å². The zero-order valence-electron chi connectivity index (χ0n) is 16.1. The van der Waals surface area contributed by atoms with Crippen LogP contribution in [-0.2, 0) is 28.3 Å². The van der Waals surface area contributed by atoms with Crippen LogP contribution in [0.25, 0.3) is 11.0 Å². The number of anilines is 2. The molecule has 1 aliphatic heterocycles. The molecule has 4 rings (SSSR count). The summed E-state index contributed by atoms with van der Waals surface area (Å²) >= 11 is 0. The van der Waals surface area contributed by atoms with Crippen LogP contribution >= 0.6 is 0 Å². The van der Waals surface area contributed by atoms with Crippen LogP contribution in [0.5, 0.6) is 0 Å². The van der Waals surface area contributed by atoms with Gasteiger partial charge in [-0.05, 0) is 50.1 Å². The van der Waals surface area contributed by atoms with Gasteiger partial charge >= 0.3 is 0 Å². The average molecular weight is 399 g/mol. The van der Waals surface area contributed by atoms with E-state index in [9.17, 15) is 13.2 Å². The second-order valence-corrected chi connectivity index (χ2v) is 8.82. The van der Waals surface area contributed by atoms with Crippen LogP contribution in [-0.4, -0.2) is 35.1 Å². The number of pyridine rings is 1. The minimum Gasteiger partial charge on any atom is -0.309 e. The molecule has 3 aromatic rings. The van der Waals surface area contributed by atoms with Crippen molar-refractivity contribution in [3.05, 3.63) is 41.7 Å². The highest BCUT2D eigenvalue weighted by atomic mass is 32.2. The Morgan fingerprint density at radius 2 is 2.04 bits per heavy atom. The summed E-state index contributed by atoms with van der Waals surface area (Å²) in [7, 11) is -1.99. The molecule has 2 aromatic heterocycles. The van der Waals surface area contributed by atoms with Crippen molar-refractivity contribution < 1.29 is 13.2 Å². The van der Waals surface area contributed by atoms with E-state index in [0.717, 1.165) is 22.3 Å². The van der Waals surface area contributed by atoms with Crippen LogP contribution in [0.1, 0.15) is 25.1 Å². The molecule has 3 heterocycles. The first-order chi connectivity index (χ1) is 13.2. The Morgan fingerprint density at radius 3 is 2.75 bits per heavy atom. The first-order valence-corrected chi connectivity index (χ1v) is 10.4. The second kappa shape index (κ2) is 6.30. The molecule has 146 valence electrons. The van der Waals surface area contributed by atoms with Crippen LogP contribution in [0.3, 0.4) is 0 Å². The van der Waals surface area contributed by atoms with E-state index in [2.05, 4.69) is 14.8 Å². The SMILES string of the molecule is CC(=O)N1c2ccc(S(=O)(=O)Nc3cnc4c(c3)c(C)nn4C)cc2C[C@H]1C. The van der Waals surface area contributed by atoms with Gasteiger partial charge in [0.1, 0.15) is 0 Å². The van der Waals surface area contributed by atoms with Crippen molar-refractivity contribution in [2.24, 2.45) is 7.05 Å². The van der Waals surface area contributed by atoms with Crippen LogP contribution in [0.15, 0.2) is 35.4 Å². The van der Waals surface area contributed by atoms with Gasteiger partial charge in [0.25, 0.3) is 10.0 Å². The third-order valence-corrected chi connectivity index (χ3v) is 6.41. The summed E-state index contributed by atoms with van der Waals surface area (Å²) < 4.78 is 30.0. The van der Waals surface area contributed by atoms with Crippen molar-refractivity contribution in [1.82, 2.24) is 14.8 Å². The lowest BCUT2D eigenvalue weighted by Gasteiger charge is -2.20. The Bertz CT molecular complexity index is 1220. The second-order valence-electron chi connectivity index (χ2n) is 7.14. The van der Waals surface area contributed by atoms with E-state index < -0.39 is 10.0 Å². The number of hydrogen-bond acceptors (Lipinski definition) is 5.